The van der Waals surface area contributed by atoms with Crippen LogP contribution in [0.4, 0.5) is 15.8 Å². The van der Waals surface area contributed by atoms with Gasteiger partial charge in [0.05, 0.1) is 5.69 Å². The third-order valence-electron chi connectivity index (χ3n) is 2.65. The smallest absolute Gasteiger partial charge is 0.175 e. The van der Waals surface area contributed by atoms with Crippen LogP contribution in [0.25, 0.3) is 0 Å². The van der Waals surface area contributed by atoms with Crippen molar-refractivity contribution < 1.29 is 9.18 Å². The number of benzene rings is 2. The van der Waals surface area contributed by atoms with Crippen LogP contribution in [0.1, 0.15) is 17.3 Å². The van der Waals surface area contributed by atoms with Gasteiger partial charge in [0.15, 0.2) is 10.9 Å². The van der Waals surface area contributed by atoms with Gasteiger partial charge in [-0.15, -0.1) is 0 Å². The van der Waals surface area contributed by atoms with Gasteiger partial charge in [-0.2, -0.15) is 0 Å². The highest BCUT2D eigenvalue weighted by Crippen LogP contribution is 2.15. The summed E-state index contributed by atoms with van der Waals surface area (Å²) in [5.41, 5.74) is 1.56. The van der Waals surface area contributed by atoms with Gasteiger partial charge in [0, 0.05) is 11.3 Å². The Morgan fingerprint density at radius 3 is 2.55 bits per heavy atom. The molecule has 0 fully saturated rings. The second-order valence-corrected chi connectivity index (χ2v) is 4.60. The van der Waals surface area contributed by atoms with Gasteiger partial charge in [0.1, 0.15) is 5.82 Å². The van der Waals surface area contributed by atoms with Crippen LogP contribution in [0.3, 0.4) is 0 Å². The number of para-hydroxylation sites is 1. The predicted molar refractivity (Wildman–Crippen MR) is 82.7 cm³/mol. The Bertz CT molecular complexity index is 658. The van der Waals surface area contributed by atoms with Gasteiger partial charge in [0.2, 0.25) is 0 Å². The molecule has 20 heavy (non-hydrogen) atoms. The van der Waals surface area contributed by atoms with Crippen LogP contribution in [0.2, 0.25) is 0 Å². The van der Waals surface area contributed by atoms with Crippen LogP contribution in [-0.2, 0) is 0 Å². The number of ketones is 1. The van der Waals surface area contributed by atoms with E-state index >= 15 is 0 Å². The monoisotopic (exact) mass is 288 g/mol. The molecule has 2 aromatic rings. The Labute approximate surface area is 121 Å². The number of hydrogen-bond acceptors (Lipinski definition) is 2. The van der Waals surface area contributed by atoms with E-state index in [0.29, 0.717) is 16.9 Å². The van der Waals surface area contributed by atoms with Crippen molar-refractivity contribution >= 4 is 34.5 Å². The Morgan fingerprint density at radius 2 is 1.85 bits per heavy atom. The minimum absolute atomic E-state index is 0.0263. The van der Waals surface area contributed by atoms with Crippen molar-refractivity contribution in [2.24, 2.45) is 0 Å². The summed E-state index contributed by atoms with van der Waals surface area (Å²) in [5, 5.41) is 5.94. The maximum atomic E-state index is 13.5. The first-order valence-electron chi connectivity index (χ1n) is 6.00. The van der Waals surface area contributed by atoms with E-state index < -0.39 is 0 Å². The maximum absolute atomic E-state index is 13.5. The lowest BCUT2D eigenvalue weighted by molar-refractivity contribution is 0.101. The quantitative estimate of drug-likeness (QED) is 0.665. The molecule has 3 nitrogen and oxygen atoms in total. The number of hydrogen-bond donors (Lipinski definition) is 2. The van der Waals surface area contributed by atoms with E-state index in [1.165, 1.54) is 13.0 Å². The predicted octanol–water partition coefficient (Wildman–Crippen LogP) is 3.84. The van der Waals surface area contributed by atoms with E-state index in [4.69, 9.17) is 12.2 Å². The number of thiocarbonyl (C=S) groups is 1. The second kappa shape index (κ2) is 6.25. The summed E-state index contributed by atoms with van der Waals surface area (Å²) in [7, 11) is 0. The number of Topliss-reactive ketones (excluding diaryl/α,β-unsaturated/α-hetero) is 1. The van der Waals surface area contributed by atoms with Crippen LogP contribution in [0.5, 0.6) is 0 Å². The molecular formula is C15H13FN2OS. The minimum atomic E-state index is -0.380. The first-order chi connectivity index (χ1) is 9.56. The van der Waals surface area contributed by atoms with Crippen LogP contribution in [0, 0.1) is 5.82 Å². The van der Waals surface area contributed by atoms with Gasteiger partial charge >= 0.3 is 0 Å². The molecule has 5 heteroatoms. The van der Waals surface area contributed by atoms with Crippen molar-refractivity contribution in [3.63, 3.8) is 0 Å². The Hall–Kier alpha value is -2.27. The van der Waals surface area contributed by atoms with E-state index in [0.717, 1.165) is 0 Å². The molecule has 0 spiro atoms. The molecule has 0 radical (unpaired) electrons. The van der Waals surface area contributed by atoms with Gasteiger partial charge in [0.25, 0.3) is 0 Å². The normalized spacial score (nSPS) is 9.90. The SMILES string of the molecule is CC(=O)c1cccc(NC(=S)Nc2ccccc2F)c1. The van der Waals surface area contributed by atoms with E-state index in [1.807, 2.05) is 0 Å². The van der Waals surface area contributed by atoms with E-state index in [1.54, 1.807) is 42.5 Å². The van der Waals surface area contributed by atoms with Gasteiger partial charge in [-0.1, -0.05) is 24.3 Å². The second-order valence-electron chi connectivity index (χ2n) is 4.20. The zero-order chi connectivity index (χ0) is 14.5. The lowest BCUT2D eigenvalue weighted by atomic mass is 10.1. The summed E-state index contributed by atoms with van der Waals surface area (Å²) in [5.74, 6) is -0.407. The largest absolute Gasteiger partial charge is 0.332 e. The average Bonchev–Trinajstić information content (AvgIpc) is 2.41. The summed E-state index contributed by atoms with van der Waals surface area (Å²) >= 11 is 5.11. The lowest BCUT2D eigenvalue weighted by Crippen LogP contribution is -2.19. The third kappa shape index (κ3) is 3.61. The molecule has 0 aromatic heterocycles. The fourth-order valence-electron chi connectivity index (χ4n) is 1.66. The number of halogens is 1. The first kappa shape index (κ1) is 14.1. The summed E-state index contributed by atoms with van der Waals surface area (Å²) in [6.45, 7) is 1.50. The van der Waals surface area contributed by atoms with Crippen molar-refractivity contribution in [2.45, 2.75) is 6.92 Å². The highest BCUT2D eigenvalue weighted by Gasteiger charge is 2.05. The number of rotatable bonds is 3. The van der Waals surface area contributed by atoms with Crippen molar-refractivity contribution in [3.8, 4) is 0 Å². The van der Waals surface area contributed by atoms with Gasteiger partial charge in [-0.05, 0) is 43.4 Å². The minimum Gasteiger partial charge on any atom is -0.332 e. The summed E-state index contributed by atoms with van der Waals surface area (Å²) in [4.78, 5) is 11.3. The summed E-state index contributed by atoms with van der Waals surface area (Å²) in [6, 6.07) is 13.2. The number of carbonyl (C=O) groups is 1. The zero-order valence-electron chi connectivity index (χ0n) is 10.8. The highest BCUT2D eigenvalue weighted by molar-refractivity contribution is 7.80. The van der Waals surface area contributed by atoms with Crippen molar-refractivity contribution in [1.29, 1.82) is 0 Å². The molecular weight excluding hydrogens is 275 g/mol. The molecule has 0 atom stereocenters. The molecule has 2 aromatic carbocycles. The molecule has 0 heterocycles. The summed E-state index contributed by atoms with van der Waals surface area (Å²) in [6.07, 6.45) is 0. The van der Waals surface area contributed by atoms with Crippen molar-refractivity contribution in [3.05, 3.63) is 59.9 Å². The van der Waals surface area contributed by atoms with Crippen molar-refractivity contribution in [2.75, 3.05) is 10.6 Å². The fourth-order valence-corrected chi connectivity index (χ4v) is 1.89. The molecule has 2 rings (SSSR count). The van der Waals surface area contributed by atoms with Crippen LogP contribution in [-0.4, -0.2) is 10.9 Å². The molecule has 0 aliphatic rings. The fraction of sp³-hybridized carbons (Fsp3) is 0.0667. The molecule has 0 bridgehead atoms. The van der Waals surface area contributed by atoms with E-state index in [9.17, 15) is 9.18 Å². The Kier molecular flexibility index (Phi) is 4.42. The van der Waals surface area contributed by atoms with E-state index in [-0.39, 0.29) is 16.7 Å². The molecule has 0 aliphatic heterocycles. The molecule has 0 unspecified atom stereocenters. The topological polar surface area (TPSA) is 41.1 Å². The Balaban J connectivity index is 2.07. The van der Waals surface area contributed by atoms with Crippen LogP contribution in [0.15, 0.2) is 48.5 Å². The molecule has 0 saturated heterocycles. The lowest BCUT2D eigenvalue weighted by Gasteiger charge is -2.11. The molecule has 102 valence electrons. The number of nitrogens with one attached hydrogen (secondary N) is 2. The van der Waals surface area contributed by atoms with Crippen LogP contribution >= 0.6 is 12.2 Å². The highest BCUT2D eigenvalue weighted by atomic mass is 32.1. The van der Waals surface area contributed by atoms with E-state index in [2.05, 4.69) is 10.6 Å². The average molecular weight is 288 g/mol. The van der Waals surface area contributed by atoms with Crippen LogP contribution < -0.4 is 10.6 Å². The zero-order valence-corrected chi connectivity index (χ0v) is 11.6. The molecule has 2 N–H and O–H groups in total. The van der Waals surface area contributed by atoms with Gasteiger partial charge < -0.3 is 10.6 Å². The van der Waals surface area contributed by atoms with Crippen molar-refractivity contribution in [1.82, 2.24) is 0 Å². The maximum Gasteiger partial charge on any atom is 0.175 e. The molecule has 0 saturated carbocycles. The Morgan fingerprint density at radius 1 is 1.10 bits per heavy atom. The first-order valence-corrected chi connectivity index (χ1v) is 6.40. The standard InChI is InChI=1S/C15H13FN2OS/c1-10(19)11-5-4-6-12(9-11)17-15(20)18-14-8-3-2-7-13(14)16/h2-9H,1H3,(H2,17,18,20). The summed E-state index contributed by atoms with van der Waals surface area (Å²) < 4.78 is 13.5. The number of anilines is 2. The third-order valence-corrected chi connectivity index (χ3v) is 2.85. The number of carbonyl (C=O) groups excluding carboxylic acids is 1. The van der Waals surface area contributed by atoms with Gasteiger partial charge in [-0.3, -0.25) is 4.79 Å². The molecule has 0 aliphatic carbocycles. The van der Waals surface area contributed by atoms with Gasteiger partial charge in [-0.25, -0.2) is 4.39 Å². The molecule has 0 amide bonds.